The summed E-state index contributed by atoms with van der Waals surface area (Å²) in [5.41, 5.74) is 1.60. The molecule has 0 radical (unpaired) electrons. The van der Waals surface area contributed by atoms with E-state index in [0.29, 0.717) is 18.2 Å². The second-order valence-electron chi connectivity index (χ2n) is 4.22. The number of methoxy groups -OCH3 is 1. The van der Waals surface area contributed by atoms with Crippen LogP contribution in [0.5, 0.6) is 11.6 Å². The number of aryl methyl sites for hydroxylation is 1. The van der Waals surface area contributed by atoms with Crippen LogP contribution in [0.25, 0.3) is 0 Å². The zero-order valence-corrected chi connectivity index (χ0v) is 11.3. The summed E-state index contributed by atoms with van der Waals surface area (Å²) in [5.74, 6) is 0.202. The molecule has 0 spiro atoms. The van der Waals surface area contributed by atoms with E-state index >= 15 is 0 Å². The summed E-state index contributed by atoms with van der Waals surface area (Å²) in [5, 5.41) is 8.92. The van der Waals surface area contributed by atoms with Crippen LogP contribution in [0, 0.1) is 6.92 Å². The Balaban J connectivity index is 2.03. The Hall–Kier alpha value is -2.56. The molecule has 104 valence electrons. The maximum atomic E-state index is 10.9. The molecule has 0 aliphatic carbocycles. The molecule has 0 fully saturated rings. The standard InChI is InChI=1S/C15H15NO4/c1-10-13(15(17)18)7-8-14(16-10)20-9-11-3-5-12(19-2)6-4-11/h3-8H,9H2,1-2H3,(H,17,18). The molecule has 0 atom stereocenters. The molecule has 0 bridgehead atoms. The predicted molar refractivity (Wildman–Crippen MR) is 73.3 cm³/mol. The Morgan fingerprint density at radius 2 is 1.90 bits per heavy atom. The molecule has 1 aromatic carbocycles. The number of rotatable bonds is 5. The average Bonchev–Trinajstić information content (AvgIpc) is 2.45. The molecule has 5 nitrogen and oxygen atoms in total. The number of ether oxygens (including phenoxy) is 2. The number of aromatic carboxylic acids is 1. The summed E-state index contributed by atoms with van der Waals surface area (Å²) in [6.07, 6.45) is 0. The largest absolute Gasteiger partial charge is 0.497 e. The van der Waals surface area contributed by atoms with Crippen molar-refractivity contribution in [2.24, 2.45) is 0 Å². The molecule has 2 aromatic rings. The van der Waals surface area contributed by atoms with Crippen LogP contribution in [-0.2, 0) is 6.61 Å². The van der Waals surface area contributed by atoms with Crippen LogP contribution in [0.1, 0.15) is 21.6 Å². The third-order valence-electron chi connectivity index (χ3n) is 2.84. The summed E-state index contributed by atoms with van der Waals surface area (Å²) in [4.78, 5) is 15.0. The molecule has 0 aliphatic rings. The first-order chi connectivity index (χ1) is 9.60. The van der Waals surface area contributed by atoms with E-state index in [4.69, 9.17) is 14.6 Å². The van der Waals surface area contributed by atoms with Gasteiger partial charge in [-0.2, -0.15) is 0 Å². The van der Waals surface area contributed by atoms with Crippen molar-refractivity contribution >= 4 is 5.97 Å². The van der Waals surface area contributed by atoms with Crippen LogP contribution < -0.4 is 9.47 Å². The fourth-order valence-corrected chi connectivity index (χ4v) is 1.72. The molecule has 0 amide bonds. The number of benzene rings is 1. The number of carboxylic acid groups (broad SMARTS) is 1. The van der Waals surface area contributed by atoms with E-state index in [2.05, 4.69) is 4.98 Å². The van der Waals surface area contributed by atoms with Crippen molar-refractivity contribution in [3.63, 3.8) is 0 Å². The van der Waals surface area contributed by atoms with Gasteiger partial charge in [-0.1, -0.05) is 12.1 Å². The maximum Gasteiger partial charge on any atom is 0.337 e. The first-order valence-electron chi connectivity index (χ1n) is 6.07. The molecule has 0 saturated carbocycles. The average molecular weight is 273 g/mol. The van der Waals surface area contributed by atoms with Gasteiger partial charge in [0.15, 0.2) is 0 Å². The van der Waals surface area contributed by atoms with Crippen molar-refractivity contribution in [3.8, 4) is 11.6 Å². The summed E-state index contributed by atoms with van der Waals surface area (Å²) < 4.78 is 10.6. The molecular weight excluding hydrogens is 258 g/mol. The fourth-order valence-electron chi connectivity index (χ4n) is 1.72. The van der Waals surface area contributed by atoms with E-state index in [0.717, 1.165) is 11.3 Å². The van der Waals surface area contributed by atoms with Crippen LogP contribution in [0.2, 0.25) is 0 Å². The van der Waals surface area contributed by atoms with Crippen molar-refractivity contribution in [3.05, 3.63) is 53.2 Å². The lowest BCUT2D eigenvalue weighted by atomic mass is 10.2. The normalized spacial score (nSPS) is 10.1. The van der Waals surface area contributed by atoms with Gasteiger partial charge in [-0.15, -0.1) is 0 Å². The van der Waals surface area contributed by atoms with Gasteiger partial charge < -0.3 is 14.6 Å². The van der Waals surface area contributed by atoms with Gasteiger partial charge in [0, 0.05) is 6.07 Å². The van der Waals surface area contributed by atoms with Crippen molar-refractivity contribution < 1.29 is 19.4 Å². The van der Waals surface area contributed by atoms with Gasteiger partial charge in [-0.05, 0) is 30.7 Å². The molecule has 0 saturated heterocycles. The first kappa shape index (κ1) is 13.9. The highest BCUT2D eigenvalue weighted by atomic mass is 16.5. The third-order valence-corrected chi connectivity index (χ3v) is 2.84. The lowest BCUT2D eigenvalue weighted by molar-refractivity contribution is 0.0695. The summed E-state index contributed by atoms with van der Waals surface area (Å²) in [7, 11) is 1.61. The number of hydrogen-bond acceptors (Lipinski definition) is 4. The molecule has 0 aliphatic heterocycles. The number of aromatic nitrogens is 1. The van der Waals surface area contributed by atoms with Crippen LogP contribution in [0.3, 0.4) is 0 Å². The van der Waals surface area contributed by atoms with E-state index in [1.54, 1.807) is 20.1 Å². The highest BCUT2D eigenvalue weighted by Gasteiger charge is 2.09. The Morgan fingerprint density at radius 1 is 1.20 bits per heavy atom. The Kier molecular flexibility index (Phi) is 4.20. The van der Waals surface area contributed by atoms with Gasteiger partial charge in [0.1, 0.15) is 12.4 Å². The minimum atomic E-state index is -0.989. The topological polar surface area (TPSA) is 68.7 Å². The molecule has 2 rings (SSSR count). The van der Waals surface area contributed by atoms with E-state index in [-0.39, 0.29) is 5.56 Å². The highest BCUT2D eigenvalue weighted by Crippen LogP contribution is 2.16. The second-order valence-corrected chi connectivity index (χ2v) is 4.22. The van der Waals surface area contributed by atoms with E-state index < -0.39 is 5.97 Å². The maximum absolute atomic E-state index is 10.9. The minimum Gasteiger partial charge on any atom is -0.497 e. The molecule has 1 heterocycles. The molecule has 20 heavy (non-hydrogen) atoms. The van der Waals surface area contributed by atoms with Crippen molar-refractivity contribution in [2.45, 2.75) is 13.5 Å². The van der Waals surface area contributed by atoms with E-state index in [1.807, 2.05) is 24.3 Å². The van der Waals surface area contributed by atoms with E-state index in [1.165, 1.54) is 6.07 Å². The lowest BCUT2D eigenvalue weighted by Crippen LogP contribution is -2.04. The van der Waals surface area contributed by atoms with Gasteiger partial charge in [-0.25, -0.2) is 9.78 Å². The second kappa shape index (κ2) is 6.06. The van der Waals surface area contributed by atoms with Gasteiger partial charge in [0.2, 0.25) is 5.88 Å². The quantitative estimate of drug-likeness (QED) is 0.907. The Bertz CT molecular complexity index is 608. The molecule has 0 unspecified atom stereocenters. The Labute approximate surface area is 116 Å². The Morgan fingerprint density at radius 3 is 2.45 bits per heavy atom. The zero-order chi connectivity index (χ0) is 14.5. The number of carboxylic acids is 1. The smallest absolute Gasteiger partial charge is 0.337 e. The zero-order valence-electron chi connectivity index (χ0n) is 11.3. The van der Waals surface area contributed by atoms with Gasteiger partial charge >= 0.3 is 5.97 Å². The fraction of sp³-hybridized carbons (Fsp3) is 0.200. The molecule has 1 aromatic heterocycles. The minimum absolute atomic E-state index is 0.182. The SMILES string of the molecule is COc1ccc(COc2ccc(C(=O)O)c(C)n2)cc1. The predicted octanol–water partition coefficient (Wildman–Crippen LogP) is 2.68. The van der Waals surface area contributed by atoms with Gasteiger partial charge in [-0.3, -0.25) is 0 Å². The van der Waals surface area contributed by atoms with Gasteiger partial charge in [0.05, 0.1) is 18.4 Å². The van der Waals surface area contributed by atoms with Crippen LogP contribution in [0.4, 0.5) is 0 Å². The van der Waals surface area contributed by atoms with E-state index in [9.17, 15) is 4.79 Å². The lowest BCUT2D eigenvalue weighted by Gasteiger charge is -2.08. The number of carbonyl (C=O) groups is 1. The number of hydrogen-bond donors (Lipinski definition) is 1. The summed E-state index contributed by atoms with van der Waals surface area (Å²) in [6.45, 7) is 2.01. The molecular formula is C15H15NO4. The van der Waals surface area contributed by atoms with Crippen molar-refractivity contribution in [2.75, 3.05) is 7.11 Å². The van der Waals surface area contributed by atoms with Crippen molar-refractivity contribution in [1.29, 1.82) is 0 Å². The highest BCUT2D eigenvalue weighted by molar-refractivity contribution is 5.88. The number of pyridine rings is 1. The van der Waals surface area contributed by atoms with Crippen LogP contribution >= 0.6 is 0 Å². The third kappa shape index (κ3) is 3.26. The number of nitrogens with zero attached hydrogens (tertiary/aromatic N) is 1. The van der Waals surface area contributed by atoms with Crippen molar-refractivity contribution in [1.82, 2.24) is 4.98 Å². The monoisotopic (exact) mass is 273 g/mol. The summed E-state index contributed by atoms with van der Waals surface area (Å²) >= 11 is 0. The van der Waals surface area contributed by atoms with Crippen LogP contribution in [0.15, 0.2) is 36.4 Å². The van der Waals surface area contributed by atoms with Crippen LogP contribution in [-0.4, -0.2) is 23.2 Å². The first-order valence-corrected chi connectivity index (χ1v) is 6.07. The van der Waals surface area contributed by atoms with Gasteiger partial charge in [0.25, 0.3) is 0 Å². The molecule has 1 N–H and O–H groups in total. The summed E-state index contributed by atoms with van der Waals surface area (Å²) in [6, 6.07) is 10.6. The molecule has 5 heteroatoms.